The summed E-state index contributed by atoms with van der Waals surface area (Å²) in [4.78, 5) is 0. The molecular formula is C5H13NO2S. The molecule has 0 radical (unpaired) electrons. The van der Waals surface area contributed by atoms with Gasteiger partial charge < -0.3 is 5.73 Å². The van der Waals surface area contributed by atoms with Gasteiger partial charge in [0.15, 0.2) is 9.84 Å². The van der Waals surface area contributed by atoms with E-state index >= 15 is 0 Å². The van der Waals surface area contributed by atoms with E-state index in [1.807, 2.05) is 0 Å². The van der Waals surface area contributed by atoms with E-state index < -0.39 is 15.1 Å². The summed E-state index contributed by atoms with van der Waals surface area (Å²) in [6.07, 6.45) is 1.20. The number of rotatable bonds is 2. The minimum Gasteiger partial charge on any atom is -0.327 e. The van der Waals surface area contributed by atoms with Gasteiger partial charge in [-0.3, -0.25) is 0 Å². The van der Waals surface area contributed by atoms with Crippen LogP contribution in [0.5, 0.6) is 0 Å². The molecule has 0 aliphatic heterocycles. The van der Waals surface area contributed by atoms with Crippen LogP contribution in [-0.4, -0.2) is 26.0 Å². The fourth-order valence-electron chi connectivity index (χ4n) is 0.390. The van der Waals surface area contributed by atoms with Gasteiger partial charge in [-0.05, 0) is 13.8 Å². The van der Waals surface area contributed by atoms with Gasteiger partial charge in [0.2, 0.25) is 0 Å². The van der Waals surface area contributed by atoms with Crippen molar-refractivity contribution < 1.29 is 8.42 Å². The van der Waals surface area contributed by atoms with Crippen LogP contribution in [-0.2, 0) is 9.84 Å². The Morgan fingerprint density at radius 3 is 1.67 bits per heavy atom. The van der Waals surface area contributed by atoms with Crippen molar-refractivity contribution in [3.05, 3.63) is 0 Å². The summed E-state index contributed by atoms with van der Waals surface area (Å²) in [5, 5.41) is -0.433. The Balaban J connectivity index is 4.24. The van der Waals surface area contributed by atoms with Crippen molar-refractivity contribution in [1.82, 2.24) is 0 Å². The lowest BCUT2D eigenvalue weighted by atomic mass is 10.3. The van der Waals surface area contributed by atoms with Gasteiger partial charge in [-0.2, -0.15) is 0 Å². The Morgan fingerprint density at radius 1 is 1.33 bits per heavy atom. The predicted molar refractivity (Wildman–Crippen MR) is 38.0 cm³/mol. The molecule has 0 saturated carbocycles. The molecule has 0 aliphatic rings. The second kappa shape index (κ2) is 2.66. The molecule has 0 aliphatic carbocycles. The van der Waals surface area contributed by atoms with Crippen molar-refractivity contribution >= 4 is 9.84 Å². The van der Waals surface area contributed by atoms with E-state index in [0.29, 0.717) is 0 Å². The Hall–Kier alpha value is -0.0900. The van der Waals surface area contributed by atoms with Gasteiger partial charge in [0, 0.05) is 12.3 Å². The van der Waals surface area contributed by atoms with Crippen molar-refractivity contribution in [2.75, 3.05) is 6.26 Å². The Morgan fingerprint density at radius 2 is 1.67 bits per heavy atom. The summed E-state index contributed by atoms with van der Waals surface area (Å²) >= 11 is 0. The molecule has 0 unspecified atom stereocenters. The molecule has 0 amide bonds. The summed E-state index contributed by atoms with van der Waals surface area (Å²) in [7, 11) is -2.93. The normalized spacial score (nSPS) is 19.1. The topological polar surface area (TPSA) is 60.2 Å². The molecule has 0 rings (SSSR count). The molecule has 0 saturated heterocycles. The molecule has 0 aromatic carbocycles. The molecule has 0 bridgehead atoms. The smallest absolute Gasteiger partial charge is 0.151 e. The molecule has 0 fully saturated rings. The third kappa shape index (κ3) is 2.81. The molecule has 0 aromatic rings. The minimum absolute atomic E-state index is 0.278. The van der Waals surface area contributed by atoms with Gasteiger partial charge in [0.1, 0.15) is 0 Å². The highest BCUT2D eigenvalue weighted by molar-refractivity contribution is 7.91. The van der Waals surface area contributed by atoms with Gasteiger partial charge in [0.05, 0.1) is 5.25 Å². The number of nitrogens with two attached hydrogens (primary N) is 1. The van der Waals surface area contributed by atoms with E-state index in [9.17, 15) is 8.42 Å². The Labute approximate surface area is 56.2 Å². The molecule has 0 heterocycles. The van der Waals surface area contributed by atoms with Crippen molar-refractivity contribution in [3.63, 3.8) is 0 Å². The van der Waals surface area contributed by atoms with E-state index in [1.165, 1.54) is 6.26 Å². The number of hydrogen-bond donors (Lipinski definition) is 1. The zero-order valence-corrected chi connectivity index (χ0v) is 6.77. The summed E-state index contributed by atoms with van der Waals surface area (Å²) in [5.41, 5.74) is 5.34. The van der Waals surface area contributed by atoms with Gasteiger partial charge in [-0.15, -0.1) is 0 Å². The lowest BCUT2D eigenvalue weighted by molar-refractivity contribution is 0.574. The van der Waals surface area contributed by atoms with Crippen LogP contribution in [0.4, 0.5) is 0 Å². The molecule has 9 heavy (non-hydrogen) atoms. The first-order chi connectivity index (χ1) is 3.85. The van der Waals surface area contributed by atoms with Crippen LogP contribution in [0.15, 0.2) is 0 Å². The molecule has 4 heteroatoms. The van der Waals surface area contributed by atoms with E-state index in [0.717, 1.165) is 0 Å². The van der Waals surface area contributed by atoms with Crippen molar-refractivity contribution in [3.8, 4) is 0 Å². The maximum absolute atomic E-state index is 10.7. The average Bonchev–Trinajstić information content (AvgIpc) is 1.62. The second-order valence-electron chi connectivity index (χ2n) is 2.39. The first-order valence-electron chi connectivity index (χ1n) is 2.80. The second-order valence-corrected chi connectivity index (χ2v) is 4.80. The summed E-state index contributed by atoms with van der Waals surface area (Å²) in [6, 6.07) is -0.278. The highest BCUT2D eigenvalue weighted by Crippen LogP contribution is 2.00. The maximum Gasteiger partial charge on any atom is 0.151 e. The van der Waals surface area contributed by atoms with Crippen LogP contribution in [0.1, 0.15) is 13.8 Å². The predicted octanol–water partition coefficient (Wildman–Crippen LogP) is -0.233. The van der Waals surface area contributed by atoms with E-state index in [2.05, 4.69) is 0 Å². The summed E-state index contributed by atoms with van der Waals surface area (Å²) in [6.45, 7) is 3.30. The SMILES string of the molecule is C[C@H](N)[C@@H](C)S(C)(=O)=O. The zero-order valence-electron chi connectivity index (χ0n) is 5.96. The van der Waals surface area contributed by atoms with Crippen LogP contribution in [0.2, 0.25) is 0 Å². The lowest BCUT2D eigenvalue weighted by Crippen LogP contribution is -2.34. The lowest BCUT2D eigenvalue weighted by Gasteiger charge is -2.11. The molecule has 56 valence electrons. The molecule has 0 spiro atoms. The fraction of sp³-hybridized carbons (Fsp3) is 1.00. The largest absolute Gasteiger partial charge is 0.327 e. The molecule has 0 aromatic heterocycles. The number of hydrogen-bond acceptors (Lipinski definition) is 3. The molecular weight excluding hydrogens is 138 g/mol. The third-order valence-corrected chi connectivity index (χ3v) is 3.20. The average molecular weight is 151 g/mol. The molecule has 3 nitrogen and oxygen atoms in total. The zero-order chi connectivity index (χ0) is 7.65. The van der Waals surface area contributed by atoms with Crippen molar-refractivity contribution in [2.45, 2.75) is 25.1 Å². The van der Waals surface area contributed by atoms with Gasteiger partial charge in [-0.1, -0.05) is 0 Å². The van der Waals surface area contributed by atoms with Crippen LogP contribution in [0.25, 0.3) is 0 Å². The van der Waals surface area contributed by atoms with Crippen LogP contribution >= 0.6 is 0 Å². The van der Waals surface area contributed by atoms with E-state index in [4.69, 9.17) is 5.73 Å². The first kappa shape index (κ1) is 8.91. The van der Waals surface area contributed by atoms with E-state index in [-0.39, 0.29) is 6.04 Å². The summed E-state index contributed by atoms with van der Waals surface area (Å²) in [5.74, 6) is 0. The van der Waals surface area contributed by atoms with Crippen LogP contribution in [0, 0.1) is 0 Å². The third-order valence-electron chi connectivity index (χ3n) is 1.42. The highest BCUT2D eigenvalue weighted by atomic mass is 32.2. The van der Waals surface area contributed by atoms with Gasteiger partial charge in [-0.25, -0.2) is 8.42 Å². The van der Waals surface area contributed by atoms with Crippen molar-refractivity contribution in [2.24, 2.45) is 5.73 Å². The number of sulfone groups is 1. The van der Waals surface area contributed by atoms with Gasteiger partial charge >= 0.3 is 0 Å². The molecule has 2 N–H and O–H groups in total. The Bertz CT molecular complexity index is 171. The quantitative estimate of drug-likeness (QED) is 0.593. The Kier molecular flexibility index (Phi) is 2.64. The highest BCUT2D eigenvalue weighted by Gasteiger charge is 2.18. The first-order valence-corrected chi connectivity index (χ1v) is 4.75. The maximum atomic E-state index is 10.7. The fourth-order valence-corrected chi connectivity index (χ4v) is 1.17. The minimum atomic E-state index is -2.93. The van der Waals surface area contributed by atoms with Crippen molar-refractivity contribution in [1.29, 1.82) is 0 Å². The summed E-state index contributed by atoms with van der Waals surface area (Å²) < 4.78 is 21.4. The standard InChI is InChI=1S/C5H13NO2S/c1-4(6)5(2)9(3,7)8/h4-5H,6H2,1-3H3/t4-,5+/m0/s1. The van der Waals surface area contributed by atoms with Crippen LogP contribution < -0.4 is 5.73 Å². The monoisotopic (exact) mass is 151 g/mol. The molecule has 2 atom stereocenters. The van der Waals surface area contributed by atoms with E-state index in [1.54, 1.807) is 13.8 Å². The van der Waals surface area contributed by atoms with Crippen LogP contribution in [0.3, 0.4) is 0 Å². The van der Waals surface area contributed by atoms with Gasteiger partial charge in [0.25, 0.3) is 0 Å².